The Kier molecular flexibility index (Phi) is 25.8. The summed E-state index contributed by atoms with van der Waals surface area (Å²) in [4.78, 5) is 49.3. The van der Waals surface area contributed by atoms with Crippen LogP contribution in [0.1, 0.15) is 66.8 Å². The molecule has 1 aliphatic carbocycles. The Balaban J connectivity index is 0.000000178. The molecule has 1 aromatic heterocycles. The fourth-order valence-electron chi connectivity index (χ4n) is 7.74. The van der Waals surface area contributed by atoms with Gasteiger partial charge in [-0.1, -0.05) is 230 Å². The monoisotopic (exact) mass is 1080 g/mol. The average Bonchev–Trinajstić information content (AvgIpc) is 3.46. The van der Waals surface area contributed by atoms with Gasteiger partial charge in [-0.2, -0.15) is 0 Å². The number of nitrogen functional groups attached to an aromatic ring is 1. The Labute approximate surface area is 476 Å². The van der Waals surface area contributed by atoms with Crippen molar-refractivity contribution in [1.29, 1.82) is 0 Å². The Morgan fingerprint density at radius 1 is 0.468 bits per heavy atom. The van der Waals surface area contributed by atoms with Gasteiger partial charge in [0.15, 0.2) is 17.3 Å². The number of para-hydroxylation sites is 2. The number of carbonyl (C=O) groups is 4. The Morgan fingerprint density at radius 2 is 0.899 bits per heavy atom. The number of rotatable bonds is 10. The van der Waals surface area contributed by atoms with E-state index < -0.39 is 5.24 Å². The van der Waals surface area contributed by atoms with E-state index in [1.165, 1.54) is 33.9 Å². The average molecular weight is 1080 g/mol. The van der Waals surface area contributed by atoms with Crippen molar-refractivity contribution < 1.29 is 19.2 Å². The number of nitrogens with zero attached hydrogens (tertiary/aromatic N) is 1. The van der Waals surface area contributed by atoms with E-state index in [-0.39, 0.29) is 17.3 Å². The van der Waals surface area contributed by atoms with Crippen molar-refractivity contribution >= 4 is 86.7 Å². The number of aromatic nitrogens is 1. The van der Waals surface area contributed by atoms with Gasteiger partial charge in [-0.25, -0.2) is 4.98 Å². The van der Waals surface area contributed by atoms with Gasteiger partial charge in [0.1, 0.15) is 5.15 Å². The van der Waals surface area contributed by atoms with Gasteiger partial charge in [0, 0.05) is 30.3 Å². The summed E-state index contributed by atoms with van der Waals surface area (Å²) in [6.07, 6.45) is 15.1. The number of hydrogen-bond acceptors (Lipinski definition) is 6. The molecule has 398 valence electrons. The van der Waals surface area contributed by atoms with Gasteiger partial charge < -0.3 is 5.73 Å². The molecule has 0 radical (unpaired) electrons. The van der Waals surface area contributed by atoms with Crippen molar-refractivity contribution in [2.45, 2.75) is 53.9 Å². The zero-order chi connectivity index (χ0) is 56.8. The van der Waals surface area contributed by atoms with E-state index in [2.05, 4.69) is 4.98 Å². The highest BCUT2D eigenvalue weighted by Gasteiger charge is 2.11. The number of nitrogens with two attached hydrogens (primary N) is 1. The van der Waals surface area contributed by atoms with Crippen LogP contribution < -0.4 is 5.73 Å². The van der Waals surface area contributed by atoms with E-state index in [1.54, 1.807) is 24.3 Å². The molecule has 6 nitrogen and oxygen atoms in total. The number of hydrogen-bond donors (Lipinski definition) is 1. The molecule has 9 aromatic rings. The van der Waals surface area contributed by atoms with Crippen molar-refractivity contribution in [2.75, 3.05) is 5.73 Å². The summed E-state index contributed by atoms with van der Waals surface area (Å²) in [6, 6.07) is 69.0. The Hall–Kier alpha value is -8.81. The molecule has 8 heteroatoms. The van der Waals surface area contributed by atoms with Gasteiger partial charge in [0.25, 0.3) is 0 Å². The standard InChI is InChI=1S/2C17H16O.C11H10O.C10H8ClN.C9H7ClO.C7H9N/c2*1-14-7-5-6-10-16(14)13-17(18)12-11-15-8-3-2-4-9-15;1-8-3-2-4-9-5-6-10(12)7-11(8)9;1-7-3-2-4-8-5-6-9(11)12-10(7)8;10-9(11)7-6-8-4-2-1-3-5-8;1-6-4-2-3-5-7(6)8/h2*2-12H,13H2,1H3;2-6H,7H2,1H3;2-6H,1H3;1-7H;2-5H,8H2,1H3/b2*12-11+;;;7-6+;. The molecule has 79 heavy (non-hydrogen) atoms. The van der Waals surface area contributed by atoms with E-state index in [1.807, 2.05) is 265 Å². The molecule has 2 N–H and O–H groups in total. The highest BCUT2D eigenvalue weighted by Crippen LogP contribution is 2.21. The molecule has 0 fully saturated rings. The second-order valence-electron chi connectivity index (χ2n) is 18.4. The van der Waals surface area contributed by atoms with Crippen LogP contribution in [0.25, 0.3) is 35.2 Å². The highest BCUT2D eigenvalue weighted by molar-refractivity contribution is 6.66. The molecular formula is C71H66Cl2N2O4. The number of allylic oxidation sites excluding steroid dienone is 4. The third-order valence-electron chi connectivity index (χ3n) is 12.3. The van der Waals surface area contributed by atoms with Crippen LogP contribution in [0, 0.1) is 34.6 Å². The molecule has 1 aliphatic rings. The molecule has 10 rings (SSSR count). The van der Waals surface area contributed by atoms with Crippen LogP contribution >= 0.6 is 23.2 Å². The number of carbonyl (C=O) groups excluding carboxylic acids is 4. The van der Waals surface area contributed by atoms with Crippen LogP contribution in [0.15, 0.2) is 237 Å². The molecule has 1 heterocycles. The lowest BCUT2D eigenvalue weighted by molar-refractivity contribution is -0.114. The predicted molar refractivity (Wildman–Crippen MR) is 333 cm³/mol. The quantitative estimate of drug-likeness (QED) is 0.0633. The first-order valence-electron chi connectivity index (χ1n) is 25.8. The van der Waals surface area contributed by atoms with Crippen molar-refractivity contribution in [3.05, 3.63) is 309 Å². The van der Waals surface area contributed by atoms with Crippen molar-refractivity contribution in [3.63, 3.8) is 0 Å². The van der Waals surface area contributed by atoms with Crippen LogP contribution in [-0.4, -0.2) is 27.6 Å². The highest BCUT2D eigenvalue weighted by atomic mass is 35.5. The van der Waals surface area contributed by atoms with Crippen LogP contribution in [0.4, 0.5) is 5.69 Å². The molecule has 0 atom stereocenters. The van der Waals surface area contributed by atoms with Gasteiger partial charge in [-0.15, -0.1) is 0 Å². The first kappa shape index (κ1) is 61.0. The van der Waals surface area contributed by atoms with E-state index in [4.69, 9.17) is 28.9 Å². The van der Waals surface area contributed by atoms with Gasteiger partial charge >= 0.3 is 0 Å². The lowest BCUT2D eigenvalue weighted by Gasteiger charge is -2.11. The summed E-state index contributed by atoms with van der Waals surface area (Å²) in [7, 11) is 0. The van der Waals surface area contributed by atoms with E-state index in [0.29, 0.717) is 24.4 Å². The second kappa shape index (κ2) is 33.4. The fraction of sp³-hybridized carbons (Fsp3) is 0.113. The maximum absolute atomic E-state index is 11.9. The minimum Gasteiger partial charge on any atom is -0.399 e. The maximum atomic E-state index is 11.9. The summed E-state index contributed by atoms with van der Waals surface area (Å²) in [5.74, 6) is 0.470. The van der Waals surface area contributed by atoms with Crippen molar-refractivity contribution in [3.8, 4) is 0 Å². The molecule has 0 unspecified atom stereocenters. The first-order chi connectivity index (χ1) is 38.1. The van der Waals surface area contributed by atoms with Gasteiger partial charge in [0.05, 0.1) is 5.52 Å². The SMILES string of the molecule is Cc1cccc2c1CC(=O)C=C2.Cc1cccc2ccc(Cl)nc12.Cc1ccccc1CC(=O)/C=C/c1ccccc1.Cc1ccccc1CC(=O)/C=C/c1ccccc1.Cc1ccccc1N.O=C(Cl)/C=C/c1ccccc1. The second-order valence-corrected chi connectivity index (χ2v) is 19.2. The predicted octanol–water partition coefficient (Wildman–Crippen LogP) is 17.0. The van der Waals surface area contributed by atoms with Crippen LogP contribution in [0.5, 0.6) is 0 Å². The van der Waals surface area contributed by atoms with E-state index in [9.17, 15) is 19.2 Å². The van der Waals surface area contributed by atoms with Gasteiger partial charge in [-0.05, 0) is 155 Å². The fourth-order valence-corrected chi connectivity index (χ4v) is 7.95. The zero-order valence-corrected chi connectivity index (χ0v) is 46.9. The maximum Gasteiger partial charge on any atom is 0.245 e. The largest absolute Gasteiger partial charge is 0.399 e. The topological polar surface area (TPSA) is 107 Å². The number of ketones is 3. The third kappa shape index (κ3) is 22.7. The normalized spacial score (nSPS) is 11.1. The smallest absolute Gasteiger partial charge is 0.245 e. The van der Waals surface area contributed by atoms with Crippen molar-refractivity contribution in [1.82, 2.24) is 4.98 Å². The lowest BCUT2D eigenvalue weighted by Crippen LogP contribution is -2.06. The number of aryl methyl sites for hydroxylation is 5. The summed E-state index contributed by atoms with van der Waals surface area (Å²) >= 11 is 10.9. The molecule has 0 saturated carbocycles. The Morgan fingerprint density at radius 3 is 1.37 bits per heavy atom. The van der Waals surface area contributed by atoms with Gasteiger partial charge in [-0.3, -0.25) is 19.2 Å². The number of anilines is 1. The number of fused-ring (bicyclic) bond motifs is 2. The Bertz CT molecular complexity index is 3400. The zero-order valence-electron chi connectivity index (χ0n) is 45.4. The molecule has 0 spiro atoms. The van der Waals surface area contributed by atoms with Crippen molar-refractivity contribution in [2.24, 2.45) is 0 Å². The van der Waals surface area contributed by atoms with Crippen LogP contribution in [-0.2, 0) is 38.4 Å². The van der Waals surface area contributed by atoms with E-state index >= 15 is 0 Å². The third-order valence-corrected chi connectivity index (χ3v) is 12.6. The summed E-state index contributed by atoms with van der Waals surface area (Å²) < 4.78 is 0. The summed E-state index contributed by atoms with van der Waals surface area (Å²) in [6.45, 7) is 10.1. The molecule has 0 amide bonds. The molecular weight excluding hydrogens is 1020 g/mol. The molecule has 8 aromatic carbocycles. The van der Waals surface area contributed by atoms with E-state index in [0.717, 1.165) is 55.5 Å². The molecule has 0 aliphatic heterocycles. The first-order valence-corrected chi connectivity index (χ1v) is 26.6. The van der Waals surface area contributed by atoms with Crippen LogP contribution in [0.3, 0.4) is 0 Å². The molecule has 0 saturated heterocycles. The minimum atomic E-state index is -0.450. The van der Waals surface area contributed by atoms with Crippen LogP contribution in [0.2, 0.25) is 5.15 Å². The number of pyridine rings is 1. The minimum absolute atomic E-state index is 0.133. The summed E-state index contributed by atoms with van der Waals surface area (Å²) in [5, 5.41) is 1.24. The number of benzene rings is 8. The summed E-state index contributed by atoms with van der Waals surface area (Å²) in [5.41, 5.74) is 20.9. The lowest BCUT2D eigenvalue weighted by atomic mass is 9.93. The molecule has 0 bridgehead atoms. The van der Waals surface area contributed by atoms with Gasteiger partial charge in [0.2, 0.25) is 5.24 Å². The number of halogens is 2.